The first kappa shape index (κ1) is 15.3. The summed E-state index contributed by atoms with van der Waals surface area (Å²) in [4.78, 5) is 21.9. The molecule has 83 valence electrons. The molecule has 0 aliphatic carbocycles. The van der Waals surface area contributed by atoms with Gasteiger partial charge in [0.1, 0.15) is 6.04 Å². The Morgan fingerprint density at radius 3 is 2.60 bits per heavy atom. The van der Waals surface area contributed by atoms with Crippen LogP contribution in [0.5, 0.6) is 0 Å². The van der Waals surface area contributed by atoms with E-state index in [0.717, 1.165) is 0 Å². The van der Waals surface area contributed by atoms with E-state index in [2.05, 4.69) is 10.1 Å². The molecule has 1 saturated heterocycles. The maximum absolute atomic E-state index is 11.2. The predicted molar refractivity (Wildman–Crippen MR) is 47.7 cm³/mol. The first-order chi connectivity index (χ1) is 6.60. The van der Waals surface area contributed by atoms with Crippen molar-refractivity contribution in [2.24, 2.45) is 5.92 Å². The molecule has 6 nitrogen and oxygen atoms in total. The van der Waals surface area contributed by atoms with Gasteiger partial charge in [-0.25, -0.2) is 0 Å². The minimum atomic E-state index is -0.991. The number of esters is 1. The van der Waals surface area contributed by atoms with E-state index in [-0.39, 0.29) is 57.0 Å². The molecule has 1 fully saturated rings. The van der Waals surface area contributed by atoms with Crippen molar-refractivity contribution in [3.8, 4) is 0 Å². The summed E-state index contributed by atoms with van der Waals surface area (Å²) in [6, 6.07) is -1.15. The van der Waals surface area contributed by atoms with Gasteiger partial charge in [0, 0.05) is 50.1 Å². The van der Waals surface area contributed by atoms with E-state index in [1.54, 1.807) is 0 Å². The number of carboxylic acids is 1. The van der Waals surface area contributed by atoms with Crippen LogP contribution in [-0.4, -0.2) is 42.8 Å². The Bertz CT molecular complexity index is 249. The molecule has 0 aromatic carbocycles. The summed E-state index contributed by atoms with van der Waals surface area (Å²) in [5.74, 6) is -1.95. The van der Waals surface area contributed by atoms with Gasteiger partial charge >= 0.3 is 11.9 Å². The number of carbonyl (C=O) groups excluding carboxylic acids is 1. The number of methoxy groups -OCH3 is 1. The van der Waals surface area contributed by atoms with Crippen LogP contribution >= 0.6 is 0 Å². The van der Waals surface area contributed by atoms with Gasteiger partial charge in [-0.3, -0.25) is 9.59 Å². The van der Waals surface area contributed by atoms with Crippen LogP contribution in [0.15, 0.2) is 0 Å². The largest absolute Gasteiger partial charge is 0.676 e. The monoisotopic (exact) mass is 428 g/mol. The number of ether oxygens (including phenoxy) is 1. The first-order valence-electron chi connectivity index (χ1n) is 4.31. The maximum atomic E-state index is 11.2. The van der Waals surface area contributed by atoms with Crippen LogP contribution in [-0.2, 0) is 14.3 Å². The van der Waals surface area contributed by atoms with Gasteiger partial charge in [0.2, 0.25) is 0 Å². The van der Waals surface area contributed by atoms with E-state index >= 15 is 0 Å². The molecule has 0 bridgehead atoms. The second-order valence-electron chi connectivity index (χ2n) is 3.23. The summed E-state index contributed by atoms with van der Waals surface area (Å²) in [7, 11) is 1.26. The molecule has 1 radical (unpaired) electrons. The smallest absolute Gasteiger partial charge is 0.320 e. The number of carboxylic acid groups (broad SMARTS) is 1. The number of nitrogens with one attached hydrogen (secondary N) is 2. The minimum absolute atomic E-state index is 0. The van der Waals surface area contributed by atoms with Crippen LogP contribution in [0.4, 0.5) is 0 Å². The van der Waals surface area contributed by atoms with Crippen LogP contribution in [0.2, 0.25) is 0 Å². The molecule has 0 aromatic rings. The second-order valence-corrected chi connectivity index (χ2v) is 3.23. The summed E-state index contributed by atoms with van der Waals surface area (Å²) in [5.41, 5.74) is 7.17. The van der Waals surface area contributed by atoms with Crippen molar-refractivity contribution in [3.05, 3.63) is 5.73 Å². The van der Waals surface area contributed by atoms with Crippen LogP contribution in [0.3, 0.4) is 0 Å². The Morgan fingerprint density at radius 1 is 1.60 bits per heavy atom. The van der Waals surface area contributed by atoms with Crippen molar-refractivity contribution in [2.45, 2.75) is 18.5 Å². The Morgan fingerprint density at radius 2 is 2.20 bits per heavy atom. The van der Waals surface area contributed by atoms with E-state index in [4.69, 9.17) is 10.8 Å². The van der Waals surface area contributed by atoms with E-state index < -0.39 is 29.9 Å². The molecule has 3 atom stereocenters. The summed E-state index contributed by atoms with van der Waals surface area (Å²) < 4.78 is 4.54. The van der Waals surface area contributed by atoms with Crippen molar-refractivity contribution in [3.63, 3.8) is 0 Å². The van der Waals surface area contributed by atoms with Gasteiger partial charge in [-0.1, -0.05) is 0 Å². The molecule has 7 heteroatoms. The Hall–Kier alpha value is 0.302. The predicted octanol–water partition coefficient (Wildman–Crippen LogP) is -0.357. The van der Waals surface area contributed by atoms with Gasteiger partial charge in [-0.15, -0.1) is 6.54 Å². The second kappa shape index (κ2) is 6.79. The minimum Gasteiger partial charge on any atom is -0.676 e. The van der Waals surface area contributed by atoms with Crippen molar-refractivity contribution >= 4 is 11.9 Å². The molecule has 0 amide bonds. The molecule has 1 aliphatic rings. The fraction of sp³-hybridized carbons (Fsp3) is 0.750. The molecule has 0 aromatic heterocycles. The number of hydrogen-bond donors (Lipinski definition) is 2. The standard InChI is InChI=1S/C8H13N2O4.Ac/c1-14-8(13)4-2-5(7(11)12)10-6(4)3-9;/h4-6,9-10H,2-3H2,1H3,(H,11,12);/q-1;/t4-,5-,6+;/m1./s1. The van der Waals surface area contributed by atoms with Crippen LogP contribution in [0.25, 0.3) is 5.73 Å². The Balaban J connectivity index is 0.00000196. The molecule has 0 spiro atoms. The van der Waals surface area contributed by atoms with Crippen molar-refractivity contribution in [1.82, 2.24) is 5.32 Å². The molecule has 1 rings (SSSR count). The van der Waals surface area contributed by atoms with Gasteiger partial charge in [0.05, 0.1) is 13.0 Å². The molecule has 15 heavy (non-hydrogen) atoms. The number of hydrogen-bond acceptors (Lipinski definition) is 4. The zero-order chi connectivity index (χ0) is 10.7. The fourth-order valence-corrected chi connectivity index (χ4v) is 1.65. The molecule has 0 unspecified atom stereocenters. The van der Waals surface area contributed by atoms with Gasteiger partial charge in [-0.05, 0) is 6.42 Å². The Labute approximate surface area is 123 Å². The molecule has 1 heterocycles. The molecule has 0 saturated carbocycles. The van der Waals surface area contributed by atoms with Crippen molar-refractivity contribution in [1.29, 1.82) is 0 Å². The van der Waals surface area contributed by atoms with Crippen LogP contribution in [0, 0.1) is 50.0 Å². The van der Waals surface area contributed by atoms with E-state index in [0.29, 0.717) is 0 Å². The maximum Gasteiger partial charge on any atom is 0.320 e. The third-order valence-corrected chi connectivity index (χ3v) is 2.41. The van der Waals surface area contributed by atoms with Crippen molar-refractivity contribution < 1.29 is 63.5 Å². The number of aliphatic carboxylic acids is 1. The van der Waals surface area contributed by atoms with Gasteiger partial charge in [0.25, 0.3) is 0 Å². The molecule has 3 N–H and O–H groups in total. The van der Waals surface area contributed by atoms with E-state index in [9.17, 15) is 9.59 Å². The molecular formula is C8H13AcN2O4-. The summed E-state index contributed by atoms with van der Waals surface area (Å²) in [6.45, 7) is -0.0243. The van der Waals surface area contributed by atoms with Crippen LogP contribution < -0.4 is 5.32 Å². The Kier molecular flexibility index (Phi) is 6.93. The summed E-state index contributed by atoms with van der Waals surface area (Å²) >= 11 is 0. The SMILES string of the molecule is COC(=O)[C@@H]1C[C@H](C(=O)O)N[C@H]1C[NH-].[Ac]. The zero-order valence-electron chi connectivity index (χ0n) is 8.40. The van der Waals surface area contributed by atoms with Crippen LogP contribution in [0.1, 0.15) is 6.42 Å². The van der Waals surface area contributed by atoms with E-state index in [1.165, 1.54) is 7.11 Å². The average molecular weight is 428 g/mol. The summed E-state index contributed by atoms with van der Waals surface area (Å²) in [5, 5.41) is 11.4. The molecular weight excluding hydrogens is 415 g/mol. The third-order valence-electron chi connectivity index (χ3n) is 2.41. The average Bonchev–Trinajstić information content (AvgIpc) is 2.60. The fourth-order valence-electron chi connectivity index (χ4n) is 1.65. The summed E-state index contributed by atoms with van der Waals surface area (Å²) in [6.07, 6.45) is 0.200. The quantitative estimate of drug-likeness (QED) is 0.599. The first-order valence-corrected chi connectivity index (χ1v) is 4.31. The topological polar surface area (TPSA) is 99.4 Å². The van der Waals surface area contributed by atoms with Gasteiger partial charge < -0.3 is 20.9 Å². The van der Waals surface area contributed by atoms with Gasteiger partial charge in [0.15, 0.2) is 0 Å². The zero-order valence-corrected chi connectivity index (χ0v) is 13.1. The normalized spacial score (nSPS) is 29.3. The van der Waals surface area contributed by atoms with Gasteiger partial charge in [-0.2, -0.15) is 0 Å². The third kappa shape index (κ3) is 3.66. The van der Waals surface area contributed by atoms with Crippen molar-refractivity contribution in [2.75, 3.05) is 13.7 Å². The number of carbonyl (C=O) groups is 2. The van der Waals surface area contributed by atoms with E-state index in [1.807, 2.05) is 0 Å². The number of rotatable bonds is 3. The molecule has 1 aliphatic heterocycles.